The van der Waals surface area contributed by atoms with E-state index >= 15 is 4.39 Å². The highest BCUT2D eigenvalue weighted by Crippen LogP contribution is 2.29. The lowest BCUT2D eigenvalue weighted by Crippen LogP contribution is -2.52. The van der Waals surface area contributed by atoms with Gasteiger partial charge in [-0.05, 0) is 44.4 Å². The topological polar surface area (TPSA) is 103 Å². The molecule has 11 heteroatoms. The first-order valence-corrected chi connectivity index (χ1v) is 11.8. The molecule has 3 aliphatic rings. The van der Waals surface area contributed by atoms with E-state index in [0.717, 1.165) is 12.8 Å². The number of anilines is 2. The summed E-state index contributed by atoms with van der Waals surface area (Å²) in [5.41, 5.74) is 3.94. The third-order valence-electron chi connectivity index (χ3n) is 6.35. The minimum atomic E-state index is -0.536. The molecule has 0 spiro atoms. The lowest BCUT2D eigenvalue weighted by atomic mass is 10.1. The Morgan fingerprint density at radius 1 is 1.21 bits per heavy atom. The van der Waals surface area contributed by atoms with Gasteiger partial charge in [0.25, 0.3) is 0 Å². The fourth-order valence-corrected chi connectivity index (χ4v) is 4.41. The number of Topliss-reactive ketones (excluding diaryl/α,β-unsaturated/α-hetero) is 1. The van der Waals surface area contributed by atoms with Crippen molar-refractivity contribution < 1.29 is 28.2 Å². The average molecular weight is 478 g/mol. The molecule has 1 aromatic rings. The fraction of sp³-hybridized carbons (Fsp3) is 0.609. The highest BCUT2D eigenvalue weighted by molar-refractivity contribution is 5.90. The van der Waals surface area contributed by atoms with Crippen LogP contribution in [0.5, 0.6) is 0 Å². The summed E-state index contributed by atoms with van der Waals surface area (Å²) in [4.78, 5) is 39.3. The summed E-state index contributed by atoms with van der Waals surface area (Å²) in [5, 5.41) is 4.57. The summed E-state index contributed by atoms with van der Waals surface area (Å²) in [7, 11) is 0. The van der Waals surface area contributed by atoms with Crippen molar-refractivity contribution in [2.75, 3.05) is 55.7 Å². The van der Waals surface area contributed by atoms with Crippen LogP contribution in [0.2, 0.25) is 0 Å². The first kappa shape index (κ1) is 24.2. The molecule has 1 atom stereocenters. The number of amides is 3. The highest BCUT2D eigenvalue weighted by Gasteiger charge is 2.33. The van der Waals surface area contributed by atoms with Gasteiger partial charge in [0.2, 0.25) is 0 Å². The van der Waals surface area contributed by atoms with Gasteiger partial charge in [-0.25, -0.2) is 19.4 Å². The van der Waals surface area contributed by atoms with E-state index in [1.54, 1.807) is 17.1 Å². The number of halogens is 1. The molecule has 2 N–H and O–H groups in total. The molecular formula is C23H32FN5O5. The van der Waals surface area contributed by atoms with Gasteiger partial charge in [0, 0.05) is 45.3 Å². The number of ketones is 1. The lowest BCUT2D eigenvalue weighted by molar-refractivity contribution is -0.117. The zero-order chi connectivity index (χ0) is 24.1. The molecule has 0 aliphatic carbocycles. The first-order valence-electron chi connectivity index (χ1n) is 11.8. The number of hydrogen-bond donors (Lipinski definition) is 2. The Morgan fingerprint density at radius 2 is 2.00 bits per heavy atom. The molecule has 1 aromatic carbocycles. The van der Waals surface area contributed by atoms with Gasteiger partial charge >= 0.3 is 12.1 Å². The van der Waals surface area contributed by atoms with E-state index in [-0.39, 0.29) is 30.5 Å². The van der Waals surface area contributed by atoms with E-state index < -0.39 is 11.9 Å². The Kier molecular flexibility index (Phi) is 7.84. The van der Waals surface area contributed by atoms with Crippen LogP contribution in [0.4, 0.5) is 25.4 Å². The number of hydrogen-bond acceptors (Lipinski definition) is 7. The van der Waals surface area contributed by atoms with Gasteiger partial charge in [0.15, 0.2) is 0 Å². The molecule has 0 aromatic heterocycles. The van der Waals surface area contributed by atoms with E-state index in [1.165, 1.54) is 17.9 Å². The number of rotatable bonds is 6. The number of nitrogens with one attached hydrogen (secondary N) is 2. The summed E-state index contributed by atoms with van der Waals surface area (Å²) < 4.78 is 25.7. The summed E-state index contributed by atoms with van der Waals surface area (Å²) in [6.45, 7) is 4.95. The number of benzene rings is 1. The number of hydrazine groups is 1. The molecule has 3 aliphatic heterocycles. The molecule has 0 radical (unpaired) electrons. The SMILES string of the molecule is CC(=O)CC[C@H]1CN(c2ccc(N3CCNN(C(=O)NC4CCOCC4)CC3)c(F)c2)C(=O)O1. The van der Waals surface area contributed by atoms with Crippen LogP contribution < -0.4 is 20.5 Å². The molecule has 10 nitrogen and oxygen atoms in total. The standard InChI is InChI=1S/C23H32FN5O5/c1-16(30)2-4-19-15-28(23(32)34-19)18-3-5-21(20(24)14-18)27-9-8-25-29(11-10-27)22(31)26-17-6-12-33-13-7-17/h3,5,14,17,19,25H,2,4,6-13,15H2,1H3,(H,26,31)/t19-/m0/s1. The van der Waals surface area contributed by atoms with Crippen LogP contribution >= 0.6 is 0 Å². The van der Waals surface area contributed by atoms with E-state index in [1.807, 2.05) is 4.90 Å². The predicted molar refractivity (Wildman–Crippen MR) is 123 cm³/mol. The van der Waals surface area contributed by atoms with Gasteiger partial charge in [0.05, 0.1) is 24.5 Å². The molecule has 3 heterocycles. The quantitative estimate of drug-likeness (QED) is 0.646. The zero-order valence-corrected chi connectivity index (χ0v) is 19.4. The summed E-state index contributed by atoms with van der Waals surface area (Å²) in [6, 6.07) is 4.60. The van der Waals surface area contributed by atoms with E-state index in [4.69, 9.17) is 9.47 Å². The summed E-state index contributed by atoms with van der Waals surface area (Å²) in [5.74, 6) is -0.408. The van der Waals surface area contributed by atoms with E-state index in [9.17, 15) is 14.4 Å². The number of ether oxygens (including phenoxy) is 2. The number of carbonyl (C=O) groups is 3. The molecule has 0 bridgehead atoms. The second-order valence-electron chi connectivity index (χ2n) is 8.88. The van der Waals surface area contributed by atoms with Gasteiger partial charge in [-0.1, -0.05) is 0 Å². The van der Waals surface area contributed by atoms with Gasteiger partial charge in [-0.15, -0.1) is 0 Å². The number of cyclic esters (lactones) is 1. The van der Waals surface area contributed by atoms with Crippen LogP contribution in [0.15, 0.2) is 18.2 Å². The molecule has 3 fully saturated rings. The minimum absolute atomic E-state index is 0.0384. The Bertz CT molecular complexity index is 910. The van der Waals surface area contributed by atoms with Crippen molar-refractivity contribution in [3.63, 3.8) is 0 Å². The largest absolute Gasteiger partial charge is 0.444 e. The third-order valence-corrected chi connectivity index (χ3v) is 6.35. The van der Waals surface area contributed by atoms with Gasteiger partial charge in [-0.2, -0.15) is 0 Å². The van der Waals surface area contributed by atoms with E-state index in [2.05, 4.69) is 10.7 Å². The molecule has 0 saturated carbocycles. The number of nitrogens with zero attached hydrogens (tertiary/aromatic N) is 3. The Hall–Kier alpha value is -2.92. The van der Waals surface area contributed by atoms with Crippen LogP contribution in [-0.2, 0) is 14.3 Å². The van der Waals surface area contributed by atoms with Crippen LogP contribution in [0.25, 0.3) is 0 Å². The van der Waals surface area contributed by atoms with Crippen LogP contribution in [0.1, 0.15) is 32.6 Å². The summed E-state index contributed by atoms with van der Waals surface area (Å²) >= 11 is 0. The maximum absolute atomic E-state index is 15.1. The van der Waals surface area contributed by atoms with E-state index in [0.29, 0.717) is 63.6 Å². The van der Waals surface area contributed by atoms with Gasteiger partial charge in [0.1, 0.15) is 17.7 Å². The molecule has 186 valence electrons. The second-order valence-corrected chi connectivity index (χ2v) is 8.88. The number of urea groups is 1. The fourth-order valence-electron chi connectivity index (χ4n) is 4.41. The van der Waals surface area contributed by atoms with Crippen molar-refractivity contribution in [3.8, 4) is 0 Å². The van der Waals surface area contributed by atoms with Crippen LogP contribution in [0.3, 0.4) is 0 Å². The molecular weight excluding hydrogens is 445 g/mol. The smallest absolute Gasteiger partial charge is 0.414 e. The molecule has 34 heavy (non-hydrogen) atoms. The third kappa shape index (κ3) is 5.95. The van der Waals surface area contributed by atoms with Gasteiger partial charge < -0.3 is 24.5 Å². The highest BCUT2D eigenvalue weighted by atomic mass is 19.1. The monoisotopic (exact) mass is 477 g/mol. The maximum atomic E-state index is 15.1. The number of carbonyl (C=O) groups excluding carboxylic acids is 3. The second kappa shape index (κ2) is 11.0. The maximum Gasteiger partial charge on any atom is 0.414 e. The Labute approximate surface area is 198 Å². The summed E-state index contributed by atoms with van der Waals surface area (Å²) in [6.07, 6.45) is 1.47. The van der Waals surface area contributed by atoms with Gasteiger partial charge in [-0.3, -0.25) is 9.91 Å². The minimum Gasteiger partial charge on any atom is -0.444 e. The van der Waals surface area contributed by atoms with Crippen molar-refractivity contribution in [2.45, 2.75) is 44.8 Å². The molecule has 3 amide bonds. The predicted octanol–water partition coefficient (Wildman–Crippen LogP) is 2.04. The zero-order valence-electron chi connectivity index (χ0n) is 19.4. The average Bonchev–Trinajstić information content (AvgIpc) is 3.02. The van der Waals surface area contributed by atoms with Crippen molar-refractivity contribution >= 4 is 29.3 Å². The van der Waals surface area contributed by atoms with Crippen molar-refractivity contribution in [1.82, 2.24) is 15.8 Å². The Morgan fingerprint density at radius 3 is 2.74 bits per heavy atom. The molecule has 0 unspecified atom stereocenters. The van der Waals surface area contributed by atoms with Crippen molar-refractivity contribution in [1.29, 1.82) is 0 Å². The molecule has 4 rings (SSSR count). The van der Waals surface area contributed by atoms with Crippen molar-refractivity contribution in [2.24, 2.45) is 0 Å². The van der Waals surface area contributed by atoms with Crippen LogP contribution in [0, 0.1) is 5.82 Å². The lowest BCUT2D eigenvalue weighted by Gasteiger charge is -2.28. The Balaban J connectivity index is 1.34. The van der Waals surface area contributed by atoms with Crippen LogP contribution in [-0.4, -0.2) is 81.0 Å². The van der Waals surface area contributed by atoms with Crippen molar-refractivity contribution in [3.05, 3.63) is 24.0 Å². The normalized spacial score (nSPS) is 21.9. The first-order chi connectivity index (χ1) is 16.4. The molecule has 3 saturated heterocycles.